The third kappa shape index (κ3) is 17.5. The monoisotopic (exact) mass is 938 g/mol. The highest BCUT2D eigenvalue weighted by molar-refractivity contribution is 5.92. The van der Waals surface area contributed by atoms with Crippen LogP contribution in [0.15, 0.2) is 30.3 Å². The Kier molecular flexibility index (Phi) is 23.8. The molecule has 2 saturated heterocycles. The van der Waals surface area contributed by atoms with Gasteiger partial charge in [-0.1, -0.05) is 84.2 Å². The summed E-state index contributed by atoms with van der Waals surface area (Å²) in [6.45, 7) is 15.9. The second-order valence-electron chi connectivity index (χ2n) is 20.7. The molecule has 0 radical (unpaired) electrons. The number of nitrogens with two attached hydrogens (primary N) is 1. The van der Waals surface area contributed by atoms with Crippen LogP contribution in [0.3, 0.4) is 0 Å². The van der Waals surface area contributed by atoms with Crippen molar-refractivity contribution in [3.8, 4) is 0 Å². The summed E-state index contributed by atoms with van der Waals surface area (Å²) in [4.78, 5) is 97.3. The van der Waals surface area contributed by atoms with Crippen molar-refractivity contribution in [2.75, 3.05) is 34.4 Å². The van der Waals surface area contributed by atoms with Gasteiger partial charge in [0.05, 0.1) is 36.3 Å². The second-order valence-corrected chi connectivity index (χ2v) is 20.7. The van der Waals surface area contributed by atoms with Crippen LogP contribution >= 0.6 is 0 Å². The number of ketones is 3. The lowest BCUT2D eigenvalue weighted by Gasteiger charge is -2.41. The number of hydrogen-bond acceptors (Lipinski definition) is 10. The maximum Gasteiger partial charge on any atom is 0.226 e. The summed E-state index contributed by atoms with van der Waals surface area (Å²) < 4.78 is 12.1. The molecule has 0 aromatic heterocycles. The van der Waals surface area contributed by atoms with Gasteiger partial charge < -0.3 is 35.6 Å². The molecule has 67 heavy (non-hydrogen) atoms. The lowest BCUT2D eigenvalue weighted by Crippen LogP contribution is -2.54. The van der Waals surface area contributed by atoms with Gasteiger partial charge in [-0.15, -0.1) is 0 Å². The molecule has 2 heterocycles. The van der Waals surface area contributed by atoms with Gasteiger partial charge in [0.15, 0.2) is 5.78 Å². The Morgan fingerprint density at radius 1 is 0.940 bits per heavy atom. The topological polar surface area (TPSA) is 195 Å². The molecule has 3 rings (SSSR count). The zero-order valence-electron chi connectivity index (χ0n) is 42.9. The molecule has 2 aliphatic heterocycles. The van der Waals surface area contributed by atoms with Crippen molar-refractivity contribution < 1.29 is 43.0 Å². The smallest absolute Gasteiger partial charge is 0.226 e. The van der Waals surface area contributed by atoms with E-state index >= 15 is 0 Å². The fourth-order valence-electron chi connectivity index (χ4n) is 10.1. The maximum atomic E-state index is 14.4. The van der Waals surface area contributed by atoms with E-state index in [1.165, 1.54) is 0 Å². The van der Waals surface area contributed by atoms with Crippen LogP contribution in [0.2, 0.25) is 0 Å². The van der Waals surface area contributed by atoms with Gasteiger partial charge in [-0.25, -0.2) is 0 Å². The van der Waals surface area contributed by atoms with Crippen molar-refractivity contribution in [3.05, 3.63) is 35.9 Å². The number of carbonyl (C=O) groups is 7. The molecule has 0 unspecified atom stereocenters. The summed E-state index contributed by atoms with van der Waals surface area (Å²) >= 11 is 0. The molecule has 4 N–H and O–H groups in total. The van der Waals surface area contributed by atoms with Crippen molar-refractivity contribution in [3.63, 3.8) is 0 Å². The summed E-state index contributed by atoms with van der Waals surface area (Å²) in [5.41, 5.74) is 5.98. The van der Waals surface area contributed by atoms with E-state index in [-0.39, 0.29) is 84.2 Å². The fourth-order valence-corrected chi connectivity index (χ4v) is 10.1. The molecule has 14 heteroatoms. The van der Waals surface area contributed by atoms with Crippen LogP contribution in [0.25, 0.3) is 0 Å². The molecular formula is C53H87N5O9. The largest absolute Gasteiger partial charge is 0.379 e. The lowest BCUT2D eigenvalue weighted by molar-refractivity contribution is -0.149. The van der Waals surface area contributed by atoms with Crippen LogP contribution in [0.1, 0.15) is 151 Å². The average Bonchev–Trinajstić information content (AvgIpc) is 3.90. The molecule has 2 aliphatic rings. The molecule has 0 saturated carbocycles. The van der Waals surface area contributed by atoms with E-state index in [1.807, 2.05) is 71.9 Å². The van der Waals surface area contributed by atoms with Crippen molar-refractivity contribution in [2.24, 2.45) is 41.2 Å². The summed E-state index contributed by atoms with van der Waals surface area (Å²) in [6.07, 6.45) is 6.91. The van der Waals surface area contributed by atoms with E-state index in [2.05, 4.69) is 10.6 Å². The number of hydrogen-bond donors (Lipinski definition) is 3. The average molecular weight is 938 g/mol. The SMILES string of the molecule is CC[C@H](C)[C@@H]([C@@H](CC(=O)N1CCC[C@H]1[C@H](OC)[C@@H](C)C(=O)C[C@@H](Cc1ccccc1)C(=O)NCCCC(=O)CCCCC[C@@H]1CC(=O)N[C@@H]1C)OC)N(C)C(=O)[C@@H](CC(=O)C(C)(C)N)C(C)C. The minimum absolute atomic E-state index is 0.00629. The number of carbonyl (C=O) groups excluding carboxylic acids is 7. The number of nitrogens with one attached hydrogen (secondary N) is 2. The molecule has 4 amide bonds. The van der Waals surface area contributed by atoms with E-state index in [0.717, 1.165) is 44.1 Å². The van der Waals surface area contributed by atoms with E-state index < -0.39 is 41.5 Å². The number of unbranched alkanes of at least 4 members (excludes halogenated alkanes) is 2. The number of methoxy groups -OCH3 is 2. The Labute approximate surface area is 402 Å². The quantitative estimate of drug-likeness (QED) is 0.0680. The first-order valence-corrected chi connectivity index (χ1v) is 25.2. The fraction of sp³-hybridized carbons (Fsp3) is 0.755. The van der Waals surface area contributed by atoms with Gasteiger partial charge in [0.2, 0.25) is 23.6 Å². The standard InChI is InChI=1S/C53H87N5O9/c1-12-35(4)49(57(9)52(65)42(34(2)3)32-46(61)53(7,8)54)45(66-10)33-48(63)58-28-20-26-43(58)50(67-11)36(5)44(60)30-40(29-38-21-15-13-16-22-38)51(64)55-27-19-25-41(59)24-18-14-17-23-39-31-47(62)56-37(39)6/h13,15-16,21-22,34-37,39-40,42-43,45,49-50H,12,14,17-20,23-33,54H2,1-11H3,(H,55,64)(H,56,62)/t35-,36-,37+,39+,40+,42-,43-,45+,49-,50+/m0/s1. The molecule has 1 aromatic carbocycles. The number of ether oxygens (including phenoxy) is 2. The molecule has 0 bridgehead atoms. The summed E-state index contributed by atoms with van der Waals surface area (Å²) in [5, 5.41) is 5.97. The van der Waals surface area contributed by atoms with Crippen LogP contribution in [0.4, 0.5) is 0 Å². The molecule has 0 spiro atoms. The van der Waals surface area contributed by atoms with Gasteiger partial charge in [-0.05, 0) is 82.6 Å². The number of nitrogens with zero attached hydrogens (tertiary/aromatic N) is 2. The van der Waals surface area contributed by atoms with E-state index in [9.17, 15) is 33.6 Å². The van der Waals surface area contributed by atoms with Crippen LogP contribution in [0, 0.1) is 35.5 Å². The highest BCUT2D eigenvalue weighted by Gasteiger charge is 2.43. The number of Topliss-reactive ketones (excluding diaryl/α,β-unsaturated/α-hetero) is 3. The van der Waals surface area contributed by atoms with Gasteiger partial charge in [-0.3, -0.25) is 33.6 Å². The Morgan fingerprint density at radius 3 is 2.19 bits per heavy atom. The third-order valence-corrected chi connectivity index (χ3v) is 14.7. The minimum atomic E-state index is -1.07. The first-order chi connectivity index (χ1) is 31.6. The second kappa shape index (κ2) is 27.9. The van der Waals surface area contributed by atoms with Gasteiger partial charge in [0.25, 0.3) is 0 Å². The highest BCUT2D eigenvalue weighted by atomic mass is 16.5. The van der Waals surface area contributed by atoms with Gasteiger partial charge in [0.1, 0.15) is 11.6 Å². The Bertz CT molecular complexity index is 1770. The van der Waals surface area contributed by atoms with Crippen LogP contribution in [-0.2, 0) is 49.5 Å². The van der Waals surface area contributed by atoms with Crippen LogP contribution in [-0.4, -0.2) is 121 Å². The molecule has 0 aliphatic carbocycles. The molecule has 14 nitrogen and oxygen atoms in total. The normalized spacial score (nSPS) is 20.6. The summed E-state index contributed by atoms with van der Waals surface area (Å²) in [7, 11) is 4.84. The molecule has 10 atom stereocenters. The lowest BCUT2D eigenvalue weighted by atomic mass is 9.83. The Morgan fingerprint density at radius 2 is 1.61 bits per heavy atom. The molecule has 1 aromatic rings. The summed E-state index contributed by atoms with van der Waals surface area (Å²) in [5.74, 6) is -2.26. The Hall–Kier alpha value is -4.01. The number of likely N-dealkylation sites (N-methyl/N-ethyl adjacent to an activating group) is 1. The number of likely N-dealkylation sites (tertiary alicyclic amines) is 1. The zero-order valence-corrected chi connectivity index (χ0v) is 42.9. The van der Waals surface area contributed by atoms with Crippen molar-refractivity contribution >= 4 is 41.0 Å². The van der Waals surface area contributed by atoms with Crippen molar-refractivity contribution in [1.82, 2.24) is 20.4 Å². The van der Waals surface area contributed by atoms with Gasteiger partial charge in [0, 0.05) is 90.3 Å². The first kappa shape index (κ1) is 57.3. The number of benzene rings is 1. The van der Waals surface area contributed by atoms with Crippen LogP contribution < -0.4 is 16.4 Å². The van der Waals surface area contributed by atoms with Gasteiger partial charge in [-0.2, -0.15) is 0 Å². The van der Waals surface area contributed by atoms with E-state index in [4.69, 9.17) is 15.2 Å². The third-order valence-electron chi connectivity index (χ3n) is 14.7. The van der Waals surface area contributed by atoms with Crippen LogP contribution in [0.5, 0.6) is 0 Å². The molecule has 2 fully saturated rings. The zero-order chi connectivity index (χ0) is 50.0. The van der Waals surface area contributed by atoms with E-state index in [1.54, 1.807) is 44.9 Å². The predicted octanol–water partition coefficient (Wildman–Crippen LogP) is 6.63. The summed E-state index contributed by atoms with van der Waals surface area (Å²) in [6, 6.07) is 8.97. The van der Waals surface area contributed by atoms with Crippen molar-refractivity contribution in [1.29, 1.82) is 0 Å². The Balaban J connectivity index is 1.65. The van der Waals surface area contributed by atoms with Crippen molar-refractivity contribution in [2.45, 2.75) is 188 Å². The number of rotatable bonds is 31. The van der Waals surface area contributed by atoms with Gasteiger partial charge >= 0.3 is 0 Å². The number of amides is 4. The maximum absolute atomic E-state index is 14.4. The molecular weight excluding hydrogens is 851 g/mol. The highest BCUT2D eigenvalue weighted by Crippen LogP contribution is 2.32. The van der Waals surface area contributed by atoms with E-state index in [0.29, 0.717) is 57.5 Å². The minimum Gasteiger partial charge on any atom is -0.379 e. The predicted molar refractivity (Wildman–Crippen MR) is 262 cm³/mol. The molecule has 378 valence electrons. The first-order valence-electron chi connectivity index (χ1n) is 25.2.